The lowest BCUT2D eigenvalue weighted by atomic mass is 10.1. The van der Waals surface area contributed by atoms with Crippen molar-refractivity contribution in [3.05, 3.63) is 36.8 Å². The first kappa shape index (κ1) is 12.1. The first-order valence-corrected chi connectivity index (χ1v) is 5.82. The molecule has 0 saturated carbocycles. The molecule has 0 fully saturated rings. The smallest absolute Gasteiger partial charge is 0.260 e. The Kier molecular flexibility index (Phi) is 3.00. The lowest BCUT2D eigenvalue weighted by molar-refractivity contribution is 0.413. The number of anilines is 1. The summed E-state index contributed by atoms with van der Waals surface area (Å²) in [6.45, 7) is 0. The quantitative estimate of drug-likeness (QED) is 0.723. The molecule has 2 heterocycles. The Balaban J connectivity index is 2.02. The highest BCUT2D eigenvalue weighted by molar-refractivity contribution is 5.72. The molecule has 0 aliphatic carbocycles. The number of nitrogens with zero attached hydrogens (tertiary/aromatic N) is 4. The first-order chi connectivity index (χ1) is 9.78. The summed E-state index contributed by atoms with van der Waals surface area (Å²) >= 11 is 0. The van der Waals surface area contributed by atoms with Crippen molar-refractivity contribution in [3.8, 4) is 28.7 Å². The Morgan fingerprint density at radius 3 is 2.90 bits per heavy atom. The van der Waals surface area contributed by atoms with Gasteiger partial charge in [0.25, 0.3) is 5.89 Å². The lowest BCUT2D eigenvalue weighted by Crippen LogP contribution is -1.92. The molecule has 0 spiro atoms. The van der Waals surface area contributed by atoms with Gasteiger partial charge in [-0.1, -0.05) is 5.16 Å². The molecule has 2 N–H and O–H groups in total. The molecule has 1 aromatic carbocycles. The standard InChI is InChI=1S/C13H11N5O2/c1-19-8-2-3-10(14)9(6-8)13-17-12(18-20-13)11-7-15-4-5-16-11/h2-7H,14H2,1H3. The van der Waals surface area contributed by atoms with Crippen LogP contribution in [0, 0.1) is 0 Å². The molecule has 0 unspecified atom stereocenters. The van der Waals surface area contributed by atoms with Crippen LogP contribution in [0.1, 0.15) is 0 Å². The van der Waals surface area contributed by atoms with Gasteiger partial charge in [0.2, 0.25) is 5.82 Å². The molecule has 0 aliphatic rings. The minimum atomic E-state index is 0.307. The fourth-order valence-electron chi connectivity index (χ4n) is 1.70. The fourth-order valence-corrected chi connectivity index (χ4v) is 1.70. The number of hydrogen-bond donors (Lipinski definition) is 1. The Hall–Kier alpha value is -2.96. The molecule has 2 aromatic heterocycles. The van der Waals surface area contributed by atoms with Crippen molar-refractivity contribution in [1.82, 2.24) is 20.1 Å². The molecular weight excluding hydrogens is 258 g/mol. The number of nitrogens with two attached hydrogens (primary N) is 1. The number of nitrogen functional groups attached to an aromatic ring is 1. The summed E-state index contributed by atoms with van der Waals surface area (Å²) in [6.07, 6.45) is 4.69. The number of benzene rings is 1. The Morgan fingerprint density at radius 1 is 1.25 bits per heavy atom. The van der Waals surface area contributed by atoms with Crippen molar-refractivity contribution in [2.75, 3.05) is 12.8 Å². The second-order valence-corrected chi connectivity index (χ2v) is 3.97. The van der Waals surface area contributed by atoms with Crippen LogP contribution in [-0.4, -0.2) is 27.2 Å². The summed E-state index contributed by atoms with van der Waals surface area (Å²) in [4.78, 5) is 12.3. The molecule has 0 aliphatic heterocycles. The highest BCUT2D eigenvalue weighted by atomic mass is 16.5. The summed E-state index contributed by atoms with van der Waals surface area (Å²) in [7, 11) is 1.58. The third kappa shape index (κ3) is 2.16. The van der Waals surface area contributed by atoms with Crippen LogP contribution in [0.25, 0.3) is 23.0 Å². The molecule has 0 amide bonds. The summed E-state index contributed by atoms with van der Waals surface area (Å²) in [5, 5.41) is 3.87. The van der Waals surface area contributed by atoms with E-state index in [1.54, 1.807) is 43.9 Å². The van der Waals surface area contributed by atoms with E-state index in [1.165, 1.54) is 0 Å². The maximum absolute atomic E-state index is 5.91. The van der Waals surface area contributed by atoms with E-state index in [9.17, 15) is 0 Å². The minimum Gasteiger partial charge on any atom is -0.497 e. The minimum absolute atomic E-state index is 0.307. The SMILES string of the molecule is COc1ccc(N)c(-c2nc(-c3cnccn3)no2)c1. The molecule has 0 radical (unpaired) electrons. The van der Waals surface area contributed by atoms with Gasteiger partial charge in [-0.05, 0) is 18.2 Å². The van der Waals surface area contributed by atoms with E-state index in [4.69, 9.17) is 15.0 Å². The molecule has 3 aromatic rings. The maximum atomic E-state index is 5.91. The van der Waals surface area contributed by atoms with Gasteiger partial charge in [-0.25, -0.2) is 4.98 Å². The van der Waals surface area contributed by atoms with Crippen LogP contribution in [0.15, 0.2) is 41.3 Å². The fraction of sp³-hybridized carbons (Fsp3) is 0.0769. The van der Waals surface area contributed by atoms with Gasteiger partial charge in [-0.3, -0.25) is 4.98 Å². The predicted octanol–water partition coefficient (Wildman–Crippen LogP) is 1.78. The van der Waals surface area contributed by atoms with Crippen molar-refractivity contribution < 1.29 is 9.26 Å². The van der Waals surface area contributed by atoms with Gasteiger partial charge < -0.3 is 15.0 Å². The van der Waals surface area contributed by atoms with Crippen molar-refractivity contribution in [2.45, 2.75) is 0 Å². The number of hydrogen-bond acceptors (Lipinski definition) is 7. The zero-order valence-corrected chi connectivity index (χ0v) is 10.6. The van der Waals surface area contributed by atoms with Crippen LogP contribution in [-0.2, 0) is 0 Å². The molecule has 0 saturated heterocycles. The molecule has 7 nitrogen and oxygen atoms in total. The van der Waals surface area contributed by atoms with E-state index < -0.39 is 0 Å². The van der Waals surface area contributed by atoms with Crippen LogP contribution in [0.2, 0.25) is 0 Å². The zero-order chi connectivity index (χ0) is 13.9. The number of aromatic nitrogens is 4. The van der Waals surface area contributed by atoms with Gasteiger partial charge in [0, 0.05) is 18.1 Å². The summed E-state index contributed by atoms with van der Waals surface area (Å²) < 4.78 is 10.4. The van der Waals surface area contributed by atoms with Gasteiger partial charge in [-0.15, -0.1) is 0 Å². The van der Waals surface area contributed by atoms with E-state index in [0.29, 0.717) is 34.4 Å². The number of ether oxygens (including phenoxy) is 1. The average Bonchev–Trinajstić information content (AvgIpc) is 2.98. The normalized spacial score (nSPS) is 10.4. The van der Waals surface area contributed by atoms with E-state index >= 15 is 0 Å². The molecule has 20 heavy (non-hydrogen) atoms. The summed E-state index contributed by atoms with van der Waals surface area (Å²) in [6, 6.07) is 5.22. The van der Waals surface area contributed by atoms with Gasteiger partial charge >= 0.3 is 0 Å². The summed E-state index contributed by atoms with van der Waals surface area (Å²) in [5.74, 6) is 1.32. The van der Waals surface area contributed by atoms with E-state index in [1.807, 2.05) is 0 Å². The van der Waals surface area contributed by atoms with Gasteiger partial charge in [0.05, 0.1) is 18.9 Å². The van der Waals surface area contributed by atoms with Crippen molar-refractivity contribution in [3.63, 3.8) is 0 Å². The number of methoxy groups -OCH3 is 1. The summed E-state index contributed by atoms with van der Waals surface area (Å²) in [5.41, 5.74) is 7.59. The number of rotatable bonds is 3. The first-order valence-electron chi connectivity index (χ1n) is 5.82. The van der Waals surface area contributed by atoms with Crippen LogP contribution >= 0.6 is 0 Å². The van der Waals surface area contributed by atoms with Crippen LogP contribution < -0.4 is 10.5 Å². The molecule has 7 heteroatoms. The molecule has 0 atom stereocenters. The zero-order valence-electron chi connectivity index (χ0n) is 10.6. The van der Waals surface area contributed by atoms with Crippen molar-refractivity contribution in [2.24, 2.45) is 0 Å². The second kappa shape index (κ2) is 4.96. The van der Waals surface area contributed by atoms with Crippen LogP contribution in [0.4, 0.5) is 5.69 Å². The predicted molar refractivity (Wildman–Crippen MR) is 71.7 cm³/mol. The van der Waals surface area contributed by atoms with Crippen LogP contribution in [0.5, 0.6) is 5.75 Å². The lowest BCUT2D eigenvalue weighted by Gasteiger charge is -2.03. The molecule has 100 valence electrons. The topological polar surface area (TPSA) is 100.0 Å². The second-order valence-electron chi connectivity index (χ2n) is 3.97. The Morgan fingerprint density at radius 2 is 2.15 bits per heavy atom. The third-order valence-corrected chi connectivity index (χ3v) is 2.71. The highest BCUT2D eigenvalue weighted by Crippen LogP contribution is 2.29. The van der Waals surface area contributed by atoms with E-state index in [2.05, 4.69) is 20.1 Å². The Bertz CT molecular complexity index is 727. The van der Waals surface area contributed by atoms with Crippen molar-refractivity contribution in [1.29, 1.82) is 0 Å². The van der Waals surface area contributed by atoms with E-state index in [-0.39, 0.29) is 0 Å². The molecular formula is C13H11N5O2. The maximum Gasteiger partial charge on any atom is 0.260 e. The third-order valence-electron chi connectivity index (χ3n) is 2.71. The molecule has 3 rings (SSSR count). The highest BCUT2D eigenvalue weighted by Gasteiger charge is 2.14. The molecule has 0 bridgehead atoms. The van der Waals surface area contributed by atoms with Gasteiger partial charge in [0.15, 0.2) is 0 Å². The van der Waals surface area contributed by atoms with Gasteiger partial charge in [-0.2, -0.15) is 4.98 Å². The van der Waals surface area contributed by atoms with Crippen molar-refractivity contribution >= 4 is 5.69 Å². The Labute approximate surface area is 114 Å². The van der Waals surface area contributed by atoms with Gasteiger partial charge in [0.1, 0.15) is 11.4 Å². The van der Waals surface area contributed by atoms with E-state index in [0.717, 1.165) is 0 Å². The van der Waals surface area contributed by atoms with Crippen LogP contribution in [0.3, 0.4) is 0 Å². The monoisotopic (exact) mass is 269 g/mol. The largest absolute Gasteiger partial charge is 0.497 e. The average molecular weight is 269 g/mol.